The Morgan fingerprint density at radius 1 is 1.03 bits per heavy atom. The number of carbonyl (C=O) groups excluding carboxylic acids is 1. The molecule has 5 aliphatic rings. The van der Waals surface area contributed by atoms with Crippen molar-refractivity contribution >= 4 is 15.9 Å². The second-order valence-electron chi connectivity index (χ2n) is 9.31. The number of sulfonamides is 1. The summed E-state index contributed by atoms with van der Waals surface area (Å²) < 4.78 is 68.1. The van der Waals surface area contributed by atoms with E-state index in [2.05, 4.69) is 4.72 Å². The van der Waals surface area contributed by atoms with Crippen molar-refractivity contribution < 1.29 is 31.5 Å². The van der Waals surface area contributed by atoms with Crippen LogP contribution in [0.25, 0.3) is 0 Å². The van der Waals surface area contributed by atoms with Crippen LogP contribution < -0.4 is 9.46 Å². The van der Waals surface area contributed by atoms with E-state index < -0.39 is 40.3 Å². The second-order valence-corrected chi connectivity index (χ2v) is 11.3. The van der Waals surface area contributed by atoms with Crippen molar-refractivity contribution in [1.82, 2.24) is 9.62 Å². The molecule has 2 bridgehead atoms. The van der Waals surface area contributed by atoms with Crippen molar-refractivity contribution in [3.63, 3.8) is 0 Å². The maximum atomic E-state index is 14.6. The van der Waals surface area contributed by atoms with Gasteiger partial charge in [0.25, 0.3) is 5.91 Å². The van der Waals surface area contributed by atoms with Crippen molar-refractivity contribution in [2.24, 2.45) is 0 Å². The quantitative estimate of drug-likeness (QED) is 0.734. The first kappa shape index (κ1) is 22.0. The number of ether oxygens (including phenoxy) is 2. The maximum Gasteiger partial charge on any atom is 0.260 e. The first-order valence-electron chi connectivity index (χ1n) is 11.4. The minimum absolute atomic E-state index is 0.0342. The molecule has 3 fully saturated rings. The van der Waals surface area contributed by atoms with Gasteiger partial charge in [0, 0.05) is 24.2 Å². The topological polar surface area (TPSA) is 84.9 Å². The highest BCUT2D eigenvalue weighted by atomic mass is 32.2. The highest BCUT2D eigenvalue weighted by Gasteiger charge is 2.44. The number of hydrogen-bond donors (Lipinski definition) is 1. The van der Waals surface area contributed by atoms with Crippen LogP contribution in [0.2, 0.25) is 0 Å². The van der Waals surface area contributed by atoms with Crippen LogP contribution in [0.3, 0.4) is 0 Å². The molecule has 1 saturated heterocycles. The molecule has 32 heavy (non-hydrogen) atoms. The van der Waals surface area contributed by atoms with Gasteiger partial charge in [-0.1, -0.05) is 0 Å². The van der Waals surface area contributed by atoms with Crippen molar-refractivity contribution in [2.45, 2.75) is 74.3 Å². The Labute approximate surface area is 186 Å². The van der Waals surface area contributed by atoms with Gasteiger partial charge in [-0.15, -0.1) is 0 Å². The number of benzene rings is 1. The van der Waals surface area contributed by atoms with E-state index in [1.54, 1.807) is 4.90 Å². The molecule has 1 aromatic rings. The summed E-state index contributed by atoms with van der Waals surface area (Å²) in [5, 5.41) is -0.346. The van der Waals surface area contributed by atoms with Crippen molar-refractivity contribution in [2.75, 3.05) is 19.8 Å². The number of amides is 1. The van der Waals surface area contributed by atoms with Crippen LogP contribution in [0.15, 0.2) is 12.1 Å². The van der Waals surface area contributed by atoms with E-state index in [1.165, 1.54) is 6.07 Å². The Kier molecular flexibility index (Phi) is 5.88. The predicted octanol–water partition coefficient (Wildman–Crippen LogP) is 2.45. The molecule has 0 radical (unpaired) electrons. The molecule has 1 aromatic carbocycles. The van der Waals surface area contributed by atoms with E-state index >= 15 is 0 Å². The maximum absolute atomic E-state index is 14.6. The van der Waals surface area contributed by atoms with Crippen LogP contribution >= 0.6 is 0 Å². The van der Waals surface area contributed by atoms with Crippen LogP contribution in [0.5, 0.6) is 5.75 Å². The lowest BCUT2D eigenvalue weighted by Gasteiger charge is -2.32. The molecule has 6 rings (SSSR count). The third-order valence-electron chi connectivity index (χ3n) is 7.14. The lowest BCUT2D eigenvalue weighted by molar-refractivity contribution is -0.136. The highest BCUT2D eigenvalue weighted by Crippen LogP contribution is 2.40. The number of nitrogens with zero attached hydrogens (tertiary/aromatic N) is 1. The fraction of sp³-hybridized carbons (Fsp3) is 0.682. The number of hydrogen-bond acceptors (Lipinski definition) is 5. The van der Waals surface area contributed by atoms with Gasteiger partial charge in [-0.25, -0.2) is 21.9 Å². The van der Waals surface area contributed by atoms with E-state index in [1.807, 2.05) is 0 Å². The zero-order valence-electron chi connectivity index (χ0n) is 17.8. The van der Waals surface area contributed by atoms with Crippen LogP contribution in [0.1, 0.15) is 56.4 Å². The van der Waals surface area contributed by atoms with E-state index in [4.69, 9.17) is 9.47 Å². The fourth-order valence-electron chi connectivity index (χ4n) is 5.22. The number of rotatable bonds is 3. The molecule has 0 aromatic heterocycles. The summed E-state index contributed by atoms with van der Waals surface area (Å²) in [6.45, 7) is 0.194. The van der Waals surface area contributed by atoms with Gasteiger partial charge in [0.15, 0.2) is 18.2 Å². The van der Waals surface area contributed by atoms with Crippen LogP contribution in [-0.4, -0.2) is 62.4 Å². The molecule has 176 valence electrons. The molecule has 2 atom stereocenters. The first-order chi connectivity index (χ1) is 15.3. The molecular formula is C22H28F2N2O5S. The number of halogens is 2. The Balaban J connectivity index is 1.41. The summed E-state index contributed by atoms with van der Waals surface area (Å²) in [5.74, 6) is -1.97. The van der Waals surface area contributed by atoms with Gasteiger partial charge in [-0.2, -0.15) is 0 Å². The first-order valence-corrected chi connectivity index (χ1v) is 12.9. The van der Waals surface area contributed by atoms with E-state index in [9.17, 15) is 22.0 Å². The lowest BCUT2D eigenvalue weighted by atomic mass is 9.82. The molecule has 1 N–H and O–H groups in total. The molecule has 0 spiro atoms. The molecular weight excluding hydrogens is 442 g/mol. The largest absolute Gasteiger partial charge is 0.480 e. The summed E-state index contributed by atoms with van der Waals surface area (Å²) in [5.41, 5.74) is 0.459. The molecule has 7 nitrogen and oxygen atoms in total. The second kappa shape index (κ2) is 8.53. The van der Waals surface area contributed by atoms with Crippen molar-refractivity contribution in [3.05, 3.63) is 29.3 Å². The molecule has 3 heterocycles. The molecule has 2 saturated carbocycles. The van der Waals surface area contributed by atoms with Crippen LogP contribution in [0, 0.1) is 11.6 Å². The zero-order chi connectivity index (χ0) is 22.5. The minimum atomic E-state index is -3.42. The summed E-state index contributed by atoms with van der Waals surface area (Å²) >= 11 is 0. The number of carbonyl (C=O) groups is 1. The van der Waals surface area contributed by atoms with Gasteiger partial charge < -0.3 is 14.4 Å². The summed E-state index contributed by atoms with van der Waals surface area (Å²) in [6, 6.07) is 1.20. The standard InChI is InChI=1S/C22H28F2N2O5S/c23-14-9-17-13-1-3-15(4-2-13)30-11-20-19(25-32(28,29)16-5-6-16)7-8-26(20)21(27)12-31-22(17)18(24)10-14/h9-10,13,15-16,19-20,25H,1-8,11-12H2/t13-,15+,19-,20-/m0/s1. The Bertz CT molecular complexity index is 992. The Morgan fingerprint density at radius 2 is 1.78 bits per heavy atom. The van der Waals surface area contributed by atoms with Gasteiger partial charge in [0.05, 0.1) is 24.0 Å². The Hall–Kier alpha value is -1.78. The fourth-order valence-corrected chi connectivity index (χ4v) is 6.87. The highest BCUT2D eigenvalue weighted by molar-refractivity contribution is 7.90. The van der Waals surface area contributed by atoms with Gasteiger partial charge in [0.1, 0.15) is 5.82 Å². The summed E-state index contributed by atoms with van der Waals surface area (Å²) in [4.78, 5) is 14.6. The number of fused-ring (bicyclic) bond motifs is 5. The normalized spacial score (nSPS) is 31.2. The molecule has 0 unspecified atom stereocenters. The molecule has 1 amide bonds. The summed E-state index contributed by atoms with van der Waals surface area (Å²) in [7, 11) is -3.42. The Morgan fingerprint density at radius 3 is 2.50 bits per heavy atom. The van der Waals surface area contributed by atoms with Crippen LogP contribution in [-0.2, 0) is 19.6 Å². The van der Waals surface area contributed by atoms with Crippen LogP contribution in [0.4, 0.5) is 8.78 Å². The SMILES string of the molecule is O=C1COc2c(F)cc(F)cc2[C@H]2CC[C@H](CC2)OC[C@H]2[C@@H](NS(=O)(=O)C3CC3)CCN12. The van der Waals surface area contributed by atoms with E-state index in [0.29, 0.717) is 44.2 Å². The van der Waals surface area contributed by atoms with Gasteiger partial charge >= 0.3 is 0 Å². The molecule has 2 aliphatic carbocycles. The van der Waals surface area contributed by atoms with E-state index in [-0.39, 0.29) is 35.5 Å². The van der Waals surface area contributed by atoms with Crippen molar-refractivity contribution in [1.29, 1.82) is 0 Å². The monoisotopic (exact) mass is 470 g/mol. The predicted molar refractivity (Wildman–Crippen MR) is 112 cm³/mol. The molecule has 3 aliphatic heterocycles. The third-order valence-corrected chi connectivity index (χ3v) is 9.12. The zero-order valence-corrected chi connectivity index (χ0v) is 18.6. The minimum Gasteiger partial charge on any atom is -0.480 e. The smallest absolute Gasteiger partial charge is 0.260 e. The molecule has 10 heteroatoms. The summed E-state index contributed by atoms with van der Waals surface area (Å²) in [6.07, 6.45) is 4.61. The van der Waals surface area contributed by atoms with E-state index in [0.717, 1.165) is 18.9 Å². The van der Waals surface area contributed by atoms with Gasteiger partial charge in [-0.05, 0) is 56.9 Å². The lowest BCUT2D eigenvalue weighted by Crippen LogP contribution is -2.51. The average molecular weight is 471 g/mol. The average Bonchev–Trinajstić information content (AvgIpc) is 3.54. The van der Waals surface area contributed by atoms with Gasteiger partial charge in [-0.3, -0.25) is 4.79 Å². The van der Waals surface area contributed by atoms with Gasteiger partial charge in [0.2, 0.25) is 10.0 Å². The third kappa shape index (κ3) is 4.36. The van der Waals surface area contributed by atoms with Crippen molar-refractivity contribution in [3.8, 4) is 5.75 Å². The number of nitrogens with one attached hydrogen (secondary N) is 1.